The summed E-state index contributed by atoms with van der Waals surface area (Å²) < 4.78 is 0. The number of aryl methyl sites for hydroxylation is 1. The Morgan fingerprint density at radius 3 is 1.83 bits per heavy atom. The maximum absolute atomic E-state index is 10.9. The number of benzene rings is 3. The molecule has 0 radical (unpaired) electrons. The zero-order valence-electron chi connectivity index (χ0n) is 13.2. The normalized spacial score (nSPS) is 13.3. The van der Waals surface area contributed by atoms with Crippen molar-refractivity contribution >= 4 is 5.69 Å². The molecule has 0 saturated heterocycles. The number of anilines is 1. The van der Waals surface area contributed by atoms with Gasteiger partial charge in [-0.05, 0) is 29.7 Å². The lowest BCUT2D eigenvalue weighted by atomic mass is 9.95. The predicted molar refractivity (Wildman–Crippen MR) is 95.4 cm³/mol. The highest BCUT2D eigenvalue weighted by Crippen LogP contribution is 2.32. The maximum atomic E-state index is 10.9. The monoisotopic (exact) mass is 303 g/mol. The number of hydrogen-bond donors (Lipinski definition) is 2. The van der Waals surface area contributed by atoms with Gasteiger partial charge >= 0.3 is 0 Å². The molecule has 116 valence electrons. The third-order valence-electron chi connectivity index (χ3n) is 4.07. The quantitative estimate of drug-likeness (QED) is 0.704. The fourth-order valence-corrected chi connectivity index (χ4v) is 2.75. The Morgan fingerprint density at radius 1 is 0.696 bits per heavy atom. The van der Waals surface area contributed by atoms with E-state index in [0.717, 1.165) is 22.4 Å². The average molecular weight is 303 g/mol. The Bertz CT molecular complexity index is 740. The highest BCUT2D eigenvalue weighted by molar-refractivity contribution is 5.52. The number of rotatable bonds is 5. The first-order chi connectivity index (χ1) is 11.3. The van der Waals surface area contributed by atoms with Crippen molar-refractivity contribution in [3.63, 3.8) is 0 Å². The Balaban J connectivity index is 1.96. The molecule has 0 aliphatic carbocycles. The molecule has 3 aromatic carbocycles. The van der Waals surface area contributed by atoms with E-state index in [4.69, 9.17) is 0 Å². The van der Waals surface area contributed by atoms with Crippen LogP contribution in [0.15, 0.2) is 84.9 Å². The second kappa shape index (κ2) is 7.12. The molecule has 0 fully saturated rings. The molecule has 2 nitrogen and oxygen atoms in total. The van der Waals surface area contributed by atoms with Crippen molar-refractivity contribution in [3.8, 4) is 0 Å². The fourth-order valence-electron chi connectivity index (χ4n) is 2.75. The summed E-state index contributed by atoms with van der Waals surface area (Å²) in [6, 6.07) is 27.8. The smallest absolute Gasteiger partial charge is 0.103 e. The average Bonchev–Trinajstić information content (AvgIpc) is 2.62. The Kier molecular flexibility index (Phi) is 4.74. The van der Waals surface area contributed by atoms with E-state index in [-0.39, 0.29) is 6.04 Å². The Hall–Kier alpha value is -2.58. The molecular weight excluding hydrogens is 282 g/mol. The van der Waals surface area contributed by atoms with E-state index >= 15 is 0 Å². The number of aliphatic hydroxyl groups excluding tert-OH is 1. The first kappa shape index (κ1) is 15.3. The lowest BCUT2D eigenvalue weighted by Gasteiger charge is -2.27. The topological polar surface area (TPSA) is 32.3 Å². The lowest BCUT2D eigenvalue weighted by molar-refractivity contribution is 0.155. The molecule has 0 amide bonds. The molecule has 0 aliphatic heterocycles. The SMILES string of the molecule is Cc1ccccc1N[C@H](c1ccccc1)[C@H](O)c1ccccc1. The van der Waals surface area contributed by atoms with Gasteiger partial charge in [-0.1, -0.05) is 78.9 Å². The van der Waals surface area contributed by atoms with Crippen molar-refractivity contribution in [2.45, 2.75) is 19.1 Å². The molecule has 0 unspecified atom stereocenters. The molecular formula is C21H21NO. The van der Waals surface area contributed by atoms with Crippen LogP contribution in [-0.2, 0) is 0 Å². The van der Waals surface area contributed by atoms with Crippen LogP contribution >= 0.6 is 0 Å². The van der Waals surface area contributed by atoms with E-state index < -0.39 is 6.10 Å². The van der Waals surface area contributed by atoms with Crippen molar-refractivity contribution in [2.24, 2.45) is 0 Å². The highest BCUT2D eigenvalue weighted by Gasteiger charge is 2.22. The summed E-state index contributed by atoms with van der Waals surface area (Å²) in [4.78, 5) is 0. The summed E-state index contributed by atoms with van der Waals surface area (Å²) in [6.07, 6.45) is -0.627. The van der Waals surface area contributed by atoms with Crippen LogP contribution in [0, 0.1) is 6.92 Å². The van der Waals surface area contributed by atoms with Crippen LogP contribution in [0.2, 0.25) is 0 Å². The van der Waals surface area contributed by atoms with Crippen LogP contribution in [0.25, 0.3) is 0 Å². The van der Waals surface area contributed by atoms with E-state index in [1.165, 1.54) is 0 Å². The van der Waals surface area contributed by atoms with Crippen molar-refractivity contribution in [2.75, 3.05) is 5.32 Å². The Labute approximate surface area is 137 Å². The van der Waals surface area contributed by atoms with Crippen LogP contribution in [0.4, 0.5) is 5.69 Å². The minimum absolute atomic E-state index is 0.209. The zero-order valence-corrected chi connectivity index (χ0v) is 13.2. The molecule has 0 bridgehead atoms. The van der Waals surface area contributed by atoms with Gasteiger partial charge in [0.2, 0.25) is 0 Å². The Morgan fingerprint density at radius 2 is 1.22 bits per heavy atom. The van der Waals surface area contributed by atoms with Gasteiger partial charge in [0.25, 0.3) is 0 Å². The van der Waals surface area contributed by atoms with Gasteiger partial charge < -0.3 is 10.4 Å². The third kappa shape index (κ3) is 3.61. The fraction of sp³-hybridized carbons (Fsp3) is 0.143. The van der Waals surface area contributed by atoms with Gasteiger partial charge in [0.1, 0.15) is 6.10 Å². The van der Waals surface area contributed by atoms with E-state index in [0.29, 0.717) is 0 Å². The summed E-state index contributed by atoms with van der Waals surface area (Å²) in [6.45, 7) is 2.07. The molecule has 2 atom stereocenters. The van der Waals surface area contributed by atoms with E-state index in [2.05, 4.69) is 18.3 Å². The van der Waals surface area contributed by atoms with Crippen molar-refractivity contribution < 1.29 is 5.11 Å². The molecule has 23 heavy (non-hydrogen) atoms. The molecule has 0 spiro atoms. The van der Waals surface area contributed by atoms with Crippen LogP contribution in [-0.4, -0.2) is 5.11 Å². The number of nitrogens with one attached hydrogen (secondary N) is 1. The largest absolute Gasteiger partial charge is 0.386 e. The molecule has 0 heterocycles. The number of aliphatic hydroxyl groups is 1. The minimum atomic E-state index is -0.627. The van der Waals surface area contributed by atoms with Crippen LogP contribution < -0.4 is 5.32 Å². The number of para-hydroxylation sites is 1. The summed E-state index contributed by atoms with van der Waals surface area (Å²) >= 11 is 0. The van der Waals surface area contributed by atoms with Crippen LogP contribution in [0.1, 0.15) is 28.8 Å². The van der Waals surface area contributed by atoms with Crippen LogP contribution in [0.5, 0.6) is 0 Å². The van der Waals surface area contributed by atoms with Gasteiger partial charge in [0.15, 0.2) is 0 Å². The molecule has 0 aliphatic rings. The molecule has 2 N–H and O–H groups in total. The highest BCUT2D eigenvalue weighted by atomic mass is 16.3. The molecule has 2 heteroatoms. The molecule has 0 aromatic heterocycles. The van der Waals surface area contributed by atoms with Crippen molar-refractivity contribution in [1.82, 2.24) is 0 Å². The summed E-state index contributed by atoms with van der Waals surface area (Å²) in [5.74, 6) is 0. The van der Waals surface area contributed by atoms with E-state index in [1.54, 1.807) is 0 Å². The third-order valence-corrected chi connectivity index (χ3v) is 4.07. The molecule has 0 saturated carbocycles. The summed E-state index contributed by atoms with van der Waals surface area (Å²) in [7, 11) is 0. The van der Waals surface area contributed by atoms with E-state index in [1.807, 2.05) is 78.9 Å². The second-order valence-electron chi connectivity index (χ2n) is 5.70. The van der Waals surface area contributed by atoms with Gasteiger partial charge in [0, 0.05) is 5.69 Å². The van der Waals surface area contributed by atoms with Crippen molar-refractivity contribution in [1.29, 1.82) is 0 Å². The minimum Gasteiger partial charge on any atom is -0.386 e. The van der Waals surface area contributed by atoms with Gasteiger partial charge in [-0.25, -0.2) is 0 Å². The zero-order chi connectivity index (χ0) is 16.1. The predicted octanol–water partition coefficient (Wildman–Crippen LogP) is 4.88. The van der Waals surface area contributed by atoms with Gasteiger partial charge in [-0.2, -0.15) is 0 Å². The maximum Gasteiger partial charge on any atom is 0.103 e. The first-order valence-corrected chi connectivity index (χ1v) is 7.86. The van der Waals surface area contributed by atoms with E-state index in [9.17, 15) is 5.11 Å². The van der Waals surface area contributed by atoms with Gasteiger partial charge in [0.05, 0.1) is 6.04 Å². The summed E-state index contributed by atoms with van der Waals surface area (Å²) in [5.41, 5.74) is 4.17. The standard InChI is InChI=1S/C21H21NO/c1-16-10-8-9-15-19(16)22-20(17-11-4-2-5-12-17)21(23)18-13-6-3-7-14-18/h2-15,20-23H,1H3/t20-,21-/m1/s1. The molecule has 3 aromatic rings. The second-order valence-corrected chi connectivity index (χ2v) is 5.70. The first-order valence-electron chi connectivity index (χ1n) is 7.86. The van der Waals surface area contributed by atoms with Gasteiger partial charge in [-0.3, -0.25) is 0 Å². The van der Waals surface area contributed by atoms with Crippen molar-refractivity contribution in [3.05, 3.63) is 102 Å². The van der Waals surface area contributed by atoms with Gasteiger partial charge in [-0.15, -0.1) is 0 Å². The lowest BCUT2D eigenvalue weighted by Crippen LogP contribution is -2.20. The number of hydrogen-bond acceptors (Lipinski definition) is 2. The summed E-state index contributed by atoms with van der Waals surface area (Å²) in [5, 5.41) is 14.4. The molecule has 3 rings (SSSR count). The van der Waals surface area contributed by atoms with Crippen LogP contribution in [0.3, 0.4) is 0 Å².